The van der Waals surface area contributed by atoms with Crippen LogP contribution in [0.25, 0.3) is 76.5 Å². The molecule has 8 aromatic rings. The van der Waals surface area contributed by atoms with Crippen LogP contribution >= 0.6 is 0 Å². The van der Waals surface area contributed by atoms with E-state index in [0.717, 1.165) is 0 Å². The normalized spacial score (nSPS) is 11.7. The fourth-order valence-corrected chi connectivity index (χ4v) is 9.11. The lowest BCUT2D eigenvalue weighted by molar-refractivity contribution is 1.83. The molecule has 0 atom stereocenters. The minimum Gasteiger partial charge on any atom is -0.110 e. The van der Waals surface area contributed by atoms with Crippen molar-refractivity contribution < 1.29 is 0 Å². The van der Waals surface area contributed by atoms with E-state index in [1.807, 2.05) is 0 Å². The molecule has 8 aromatic carbocycles. The highest BCUT2D eigenvalue weighted by Crippen LogP contribution is 2.40. The van der Waals surface area contributed by atoms with Gasteiger partial charge < -0.3 is 0 Å². The average molecular weight is 752 g/mol. The van der Waals surface area contributed by atoms with Crippen LogP contribution in [-0.4, -0.2) is 196 Å². The third kappa shape index (κ3) is 6.34. The van der Waals surface area contributed by atoms with Crippen molar-refractivity contribution in [2.75, 3.05) is 0 Å². The van der Waals surface area contributed by atoms with Gasteiger partial charge in [-0.2, -0.15) is 0 Å². The van der Waals surface area contributed by atoms with E-state index in [2.05, 4.69) is 0 Å². The third-order valence-electron chi connectivity index (χ3n) is 12.6. The largest absolute Gasteiger partial charge is 0.115 e. The molecule has 0 saturated heterocycles. The molecule has 50 radical (unpaired) electrons. The summed E-state index contributed by atoms with van der Waals surface area (Å²) in [5, 5.41) is 0.603. The van der Waals surface area contributed by atoms with Crippen molar-refractivity contribution in [1.82, 2.24) is 0 Å². The summed E-state index contributed by atoms with van der Waals surface area (Å²) in [5.41, 5.74) is -2.89. The molecular weight excluding hydrogens is 751 g/mol. The van der Waals surface area contributed by atoms with Gasteiger partial charge in [-0.3, -0.25) is 0 Å². The van der Waals surface area contributed by atoms with Gasteiger partial charge in [0.2, 0.25) is 0 Å². The van der Waals surface area contributed by atoms with Crippen molar-refractivity contribution in [3.8, 4) is 33.4 Å². The number of hydrogen-bond donors (Lipinski definition) is 0. The second kappa shape index (κ2) is 16.3. The van der Waals surface area contributed by atoms with Crippen LogP contribution in [0.3, 0.4) is 0 Å². The lowest BCUT2D eigenvalue weighted by atomic mass is 9.55. The molecule has 0 unspecified atom stereocenters. The van der Waals surface area contributed by atoms with Crippen LogP contribution in [0.2, 0.25) is 0 Å². The van der Waals surface area contributed by atoms with E-state index < -0.39 is 0 Å². The first-order valence-electron chi connectivity index (χ1n) is 19.0. The Morgan fingerprint density at radius 2 is 0.354 bits per heavy atom. The Bertz CT molecular complexity index is 3480. The summed E-state index contributed by atoms with van der Waals surface area (Å²) in [6.07, 6.45) is 0. The van der Waals surface area contributed by atoms with Crippen LogP contribution < -0.4 is 137 Å². The molecule has 0 fully saturated rings. The first-order chi connectivity index (χ1) is 30.3. The summed E-state index contributed by atoms with van der Waals surface area (Å²) in [7, 11) is 168. The topological polar surface area (TPSA) is 0 Å². The maximum absolute atomic E-state index is 7.10. The Kier molecular flexibility index (Phi) is 12.0. The number of hydrogen-bond acceptors (Lipinski definition) is 0. The van der Waals surface area contributed by atoms with E-state index in [0.29, 0.717) is 0 Å². The minimum absolute atomic E-state index is 0.000462. The summed E-state index contributed by atoms with van der Waals surface area (Å²) >= 11 is 0. The predicted molar refractivity (Wildman–Crippen MR) is 307 cm³/mol. The van der Waals surface area contributed by atoms with Crippen molar-refractivity contribution >= 4 is 376 Å². The molecule has 0 amide bonds. The molecule has 0 bridgehead atoms. The molecule has 65 heavy (non-hydrogen) atoms. The van der Waals surface area contributed by atoms with E-state index >= 15 is 0 Å². The van der Waals surface area contributed by atoms with Gasteiger partial charge in [0.15, 0.2) is 0 Å². The molecule has 0 N–H and O–H groups in total. The summed E-state index contributed by atoms with van der Waals surface area (Å²) in [6, 6.07) is 1.41. The van der Waals surface area contributed by atoms with Crippen molar-refractivity contribution in [3.63, 3.8) is 0 Å². The van der Waals surface area contributed by atoms with Gasteiger partial charge >= 0.3 is 0 Å². The van der Waals surface area contributed by atoms with Gasteiger partial charge in [0.1, 0.15) is 196 Å². The highest BCUT2D eigenvalue weighted by atomic mass is 14.3. The van der Waals surface area contributed by atoms with Gasteiger partial charge in [0.25, 0.3) is 0 Å². The Hall–Kier alpha value is -3.58. The average Bonchev–Trinajstić information content (AvgIpc) is 3.26. The van der Waals surface area contributed by atoms with Gasteiger partial charge in [-0.05, 0) is 76.5 Å². The molecule has 0 saturated carbocycles. The Balaban J connectivity index is 1.69. The Morgan fingerprint density at radius 3 is 0.723 bits per heavy atom. The quantitative estimate of drug-likeness (QED) is 0.125. The van der Waals surface area contributed by atoms with Gasteiger partial charge in [0.05, 0.1) is 0 Å². The predicted octanol–water partition coefficient (Wildman–Crippen LogP) is -18.9. The molecule has 0 nitrogen and oxygen atoms in total. The van der Waals surface area contributed by atoms with Crippen LogP contribution in [0.5, 0.6) is 0 Å². The summed E-state index contributed by atoms with van der Waals surface area (Å²) < 4.78 is 0. The zero-order chi connectivity index (χ0) is 48.2. The van der Waals surface area contributed by atoms with Crippen LogP contribution in [-0.2, 0) is 0 Å². The molecule has 0 aromatic heterocycles. The second-order valence-corrected chi connectivity index (χ2v) is 15.8. The fraction of sp³-hybridized carbons (Fsp3) is 0. The van der Waals surface area contributed by atoms with Gasteiger partial charge in [-0.25, -0.2) is 0 Å². The minimum atomic E-state index is -0.229. The van der Waals surface area contributed by atoms with Crippen LogP contribution in [0, 0.1) is 0 Å². The zero-order valence-electron chi connectivity index (χ0n) is 34.5. The number of benzene rings is 8. The van der Waals surface area contributed by atoms with E-state index in [1.54, 1.807) is 0 Å². The molecule has 0 aliphatic rings. The van der Waals surface area contributed by atoms with Gasteiger partial charge in [0, 0.05) is 0 Å². The Morgan fingerprint density at radius 1 is 0.138 bits per heavy atom. The zero-order valence-corrected chi connectivity index (χ0v) is 34.5. The molecule has 236 valence electrons. The van der Waals surface area contributed by atoms with E-state index in [9.17, 15) is 0 Å². The van der Waals surface area contributed by atoms with Gasteiger partial charge in [-0.15, -0.1) is 43.7 Å². The summed E-state index contributed by atoms with van der Waals surface area (Å²) in [5.74, 6) is 0. The van der Waals surface area contributed by atoms with Crippen LogP contribution in [0.15, 0.2) is 6.07 Å². The monoisotopic (exact) mass is 756 g/mol. The maximum Gasteiger partial charge on any atom is 0.115 e. The smallest absolute Gasteiger partial charge is 0.110 e. The number of fused-ring (bicyclic) bond motifs is 4. The van der Waals surface area contributed by atoms with Crippen molar-refractivity contribution in [2.24, 2.45) is 0 Å². The fourth-order valence-electron chi connectivity index (χ4n) is 9.11. The molecule has 0 heterocycles. The highest BCUT2D eigenvalue weighted by molar-refractivity contribution is 6.77. The van der Waals surface area contributed by atoms with E-state index in [-0.39, 0.29) is 213 Å². The van der Waals surface area contributed by atoms with Crippen molar-refractivity contribution in [2.45, 2.75) is 0 Å². The lowest BCUT2D eigenvalue weighted by Gasteiger charge is -2.33. The highest BCUT2D eigenvalue weighted by Gasteiger charge is 2.30. The molecule has 8 rings (SSSR count). The molecule has 0 spiro atoms. The summed E-state index contributed by atoms with van der Waals surface area (Å²) in [6.45, 7) is 0. The summed E-state index contributed by atoms with van der Waals surface area (Å²) in [4.78, 5) is 0. The van der Waals surface area contributed by atoms with Crippen LogP contribution in [0.4, 0.5) is 0 Å². The lowest BCUT2D eigenvalue weighted by Crippen LogP contribution is -2.53. The van der Waals surface area contributed by atoms with E-state index in [4.69, 9.17) is 196 Å². The first-order valence-corrected chi connectivity index (χ1v) is 19.0. The van der Waals surface area contributed by atoms with Crippen molar-refractivity contribution in [1.29, 1.82) is 0 Å². The third-order valence-corrected chi connectivity index (χ3v) is 12.6. The molecule has 25 heteroatoms. The van der Waals surface area contributed by atoms with Crippen LogP contribution in [0.1, 0.15) is 0 Å². The molecule has 0 aliphatic heterocycles. The standard InChI is InChI=1S/C40HB25/c41-2-1-3(42)18(43)13-4(2)19(44)16(29(54)26(13)51)17-30(55)27(52)14(28(53)31(17)56)6-10-7(21(46)35(60)37(62)23(10)48)5(8-11(6)24(49)38(63)36(61)22(8)47)9-12-15(32(57)34(59)20(9)45)33(58)40(65)39(64)25(12)50/h1H. The van der Waals surface area contributed by atoms with Gasteiger partial charge in [-0.1, -0.05) is 98.9 Å². The number of rotatable bonds is 3. The maximum atomic E-state index is 7.10. The Labute approximate surface area is 412 Å². The second-order valence-electron chi connectivity index (χ2n) is 15.8. The first kappa shape index (κ1) is 47.9. The van der Waals surface area contributed by atoms with E-state index in [1.165, 1.54) is 6.07 Å². The molecule has 0 aliphatic carbocycles. The molecular formula is C40HB25. The SMILES string of the molecule is [B]c1cc([B])c2c([B])c(-c3c([B])c([B])c(-c4c5c([B])c([B])c([B])c([B])c5c(-c5c([B])c([B])c([B])c6c([B])c([B])c([B])c([B])c56)c5c([B])c([B])c([B])c([B])c45)c([B])c3[B])c([B])c([B])c2c1[B]. The van der Waals surface area contributed by atoms with Crippen molar-refractivity contribution in [3.05, 3.63) is 6.07 Å².